The molecule has 4 rings (SSSR count). The van der Waals surface area contributed by atoms with Gasteiger partial charge in [0.25, 0.3) is 0 Å². The third-order valence-electron chi connectivity index (χ3n) is 6.36. The van der Waals surface area contributed by atoms with Crippen LogP contribution in [0.15, 0.2) is 48.5 Å². The van der Waals surface area contributed by atoms with Gasteiger partial charge in [0, 0.05) is 38.0 Å². The lowest BCUT2D eigenvalue weighted by Crippen LogP contribution is -2.48. The number of rotatable bonds is 9. The Balaban J connectivity index is 1.30. The van der Waals surface area contributed by atoms with Gasteiger partial charge in [0.15, 0.2) is 0 Å². The van der Waals surface area contributed by atoms with Crippen molar-refractivity contribution < 1.29 is 34.1 Å². The number of benzene rings is 2. The number of ether oxygens (including phenoxy) is 2. The molecule has 0 spiro atoms. The Morgan fingerprint density at radius 3 is 2.32 bits per heavy atom. The minimum absolute atomic E-state index is 0.0500. The van der Waals surface area contributed by atoms with Crippen LogP contribution in [0.25, 0.3) is 11.1 Å². The molecule has 9 heteroatoms. The minimum atomic E-state index is -1.23. The van der Waals surface area contributed by atoms with Crippen molar-refractivity contribution in [2.24, 2.45) is 5.92 Å². The van der Waals surface area contributed by atoms with E-state index in [1.54, 1.807) is 0 Å². The van der Waals surface area contributed by atoms with Crippen molar-refractivity contribution in [3.05, 3.63) is 59.7 Å². The maximum Gasteiger partial charge on any atom is 0.407 e. The van der Waals surface area contributed by atoms with Gasteiger partial charge in [0.05, 0.1) is 0 Å². The van der Waals surface area contributed by atoms with E-state index in [1.165, 1.54) is 0 Å². The average molecular weight is 469 g/mol. The summed E-state index contributed by atoms with van der Waals surface area (Å²) in [6, 6.07) is 14.9. The standard InChI is InChI=1S/C25H28N2O7/c28-11-9-21(24(30)31)27-23(29)22-15(10-12-33-22)13-26-25(32)34-14-20-18-7-3-1-5-16(18)17-6-2-4-8-19(17)20/h1-8,15,20-22,28H,9-14H2,(H,26,32)(H,27,29)(H,30,31)/t15-,21+,22-/m1/s1. The predicted molar refractivity (Wildman–Crippen MR) is 122 cm³/mol. The van der Waals surface area contributed by atoms with Crippen molar-refractivity contribution in [2.45, 2.75) is 30.9 Å². The molecule has 1 aliphatic heterocycles. The van der Waals surface area contributed by atoms with E-state index in [9.17, 15) is 14.4 Å². The molecule has 34 heavy (non-hydrogen) atoms. The molecule has 0 bridgehead atoms. The summed E-state index contributed by atoms with van der Waals surface area (Å²) in [6.07, 6.45) is -1.03. The quantitative estimate of drug-likeness (QED) is 0.441. The number of aliphatic hydroxyl groups excluding tert-OH is 1. The number of carboxylic acids is 1. The van der Waals surface area contributed by atoms with Crippen LogP contribution < -0.4 is 10.6 Å². The molecule has 4 N–H and O–H groups in total. The highest BCUT2D eigenvalue weighted by Crippen LogP contribution is 2.44. The van der Waals surface area contributed by atoms with E-state index >= 15 is 0 Å². The van der Waals surface area contributed by atoms with Crippen LogP contribution in [-0.2, 0) is 19.1 Å². The van der Waals surface area contributed by atoms with Crippen LogP contribution in [0.2, 0.25) is 0 Å². The smallest absolute Gasteiger partial charge is 0.407 e. The van der Waals surface area contributed by atoms with Crippen molar-refractivity contribution in [1.82, 2.24) is 10.6 Å². The molecule has 0 saturated carbocycles. The normalized spacial score (nSPS) is 19.7. The highest BCUT2D eigenvalue weighted by molar-refractivity contribution is 5.86. The molecule has 1 fully saturated rings. The van der Waals surface area contributed by atoms with E-state index in [0.29, 0.717) is 13.0 Å². The van der Waals surface area contributed by atoms with Crippen LogP contribution in [0.3, 0.4) is 0 Å². The Morgan fingerprint density at radius 2 is 1.71 bits per heavy atom. The van der Waals surface area contributed by atoms with Gasteiger partial charge in [-0.2, -0.15) is 0 Å². The van der Waals surface area contributed by atoms with Gasteiger partial charge in [-0.3, -0.25) is 4.79 Å². The van der Waals surface area contributed by atoms with E-state index < -0.39 is 30.1 Å². The Morgan fingerprint density at radius 1 is 1.06 bits per heavy atom. The zero-order chi connectivity index (χ0) is 24.1. The molecule has 2 aromatic rings. The first-order valence-electron chi connectivity index (χ1n) is 11.3. The SMILES string of the molecule is O=C(NC[C@H]1CCO[C@H]1C(=O)N[C@@H](CCO)C(=O)O)OCC1c2ccccc2-c2ccccc21. The first-order chi connectivity index (χ1) is 16.5. The minimum Gasteiger partial charge on any atom is -0.480 e. The molecular weight excluding hydrogens is 440 g/mol. The maximum absolute atomic E-state index is 12.5. The average Bonchev–Trinajstić information content (AvgIpc) is 3.44. The second-order valence-corrected chi connectivity index (χ2v) is 8.46. The fourth-order valence-electron chi connectivity index (χ4n) is 4.64. The Hall–Kier alpha value is -3.43. The highest BCUT2D eigenvalue weighted by atomic mass is 16.5. The Labute approximate surface area is 197 Å². The lowest BCUT2D eigenvalue weighted by Gasteiger charge is -2.21. The van der Waals surface area contributed by atoms with E-state index in [2.05, 4.69) is 22.8 Å². The van der Waals surface area contributed by atoms with Gasteiger partial charge in [-0.15, -0.1) is 0 Å². The number of amides is 2. The number of hydrogen-bond acceptors (Lipinski definition) is 6. The van der Waals surface area contributed by atoms with Crippen molar-refractivity contribution in [3.8, 4) is 11.1 Å². The molecule has 3 atom stereocenters. The van der Waals surface area contributed by atoms with Gasteiger partial charge in [-0.1, -0.05) is 48.5 Å². The molecule has 2 aliphatic rings. The maximum atomic E-state index is 12.5. The van der Waals surface area contributed by atoms with Gasteiger partial charge < -0.3 is 30.3 Å². The topological polar surface area (TPSA) is 134 Å². The number of hydrogen-bond donors (Lipinski definition) is 4. The van der Waals surface area contributed by atoms with Crippen LogP contribution >= 0.6 is 0 Å². The fraction of sp³-hybridized carbons (Fsp3) is 0.400. The van der Waals surface area contributed by atoms with Crippen LogP contribution in [0.5, 0.6) is 0 Å². The van der Waals surface area contributed by atoms with Crippen molar-refractivity contribution in [1.29, 1.82) is 0 Å². The monoisotopic (exact) mass is 468 g/mol. The number of alkyl carbamates (subject to hydrolysis) is 1. The molecule has 1 heterocycles. The van der Waals surface area contributed by atoms with E-state index in [1.807, 2.05) is 36.4 Å². The lowest BCUT2D eigenvalue weighted by molar-refractivity contribution is -0.144. The van der Waals surface area contributed by atoms with Gasteiger partial charge in [0.2, 0.25) is 5.91 Å². The summed E-state index contributed by atoms with van der Waals surface area (Å²) in [7, 11) is 0. The molecule has 1 saturated heterocycles. The van der Waals surface area contributed by atoms with Gasteiger partial charge in [-0.05, 0) is 28.7 Å². The van der Waals surface area contributed by atoms with Gasteiger partial charge >= 0.3 is 12.1 Å². The summed E-state index contributed by atoms with van der Waals surface area (Å²) in [5, 5.41) is 23.3. The first kappa shape index (κ1) is 23.7. The molecule has 2 amide bonds. The van der Waals surface area contributed by atoms with Crippen LogP contribution in [0.4, 0.5) is 4.79 Å². The van der Waals surface area contributed by atoms with E-state index in [4.69, 9.17) is 19.7 Å². The first-order valence-corrected chi connectivity index (χ1v) is 11.3. The Bertz CT molecular complexity index is 1010. The van der Waals surface area contributed by atoms with Crippen LogP contribution in [0.1, 0.15) is 29.9 Å². The number of carbonyl (C=O) groups excluding carboxylic acids is 2. The zero-order valence-electron chi connectivity index (χ0n) is 18.6. The van der Waals surface area contributed by atoms with Gasteiger partial charge in [-0.25, -0.2) is 9.59 Å². The molecular formula is C25H28N2O7. The zero-order valence-corrected chi connectivity index (χ0v) is 18.6. The summed E-state index contributed by atoms with van der Waals surface area (Å²) in [5.41, 5.74) is 4.52. The van der Waals surface area contributed by atoms with E-state index in [0.717, 1.165) is 22.3 Å². The molecule has 1 aliphatic carbocycles. The number of aliphatic carboxylic acids is 1. The fourth-order valence-corrected chi connectivity index (χ4v) is 4.64. The van der Waals surface area contributed by atoms with Gasteiger partial charge in [0.1, 0.15) is 18.8 Å². The molecule has 0 unspecified atom stereocenters. The number of nitrogens with one attached hydrogen (secondary N) is 2. The summed E-state index contributed by atoms with van der Waals surface area (Å²) < 4.78 is 11.0. The molecule has 2 aromatic carbocycles. The summed E-state index contributed by atoms with van der Waals surface area (Å²) in [6.45, 7) is 0.307. The molecule has 0 radical (unpaired) electrons. The van der Waals surface area contributed by atoms with Crippen LogP contribution in [-0.4, -0.2) is 66.7 Å². The third kappa shape index (κ3) is 5.05. The third-order valence-corrected chi connectivity index (χ3v) is 6.36. The molecule has 0 aromatic heterocycles. The second-order valence-electron chi connectivity index (χ2n) is 8.46. The van der Waals surface area contributed by atoms with Crippen molar-refractivity contribution >= 4 is 18.0 Å². The lowest BCUT2D eigenvalue weighted by atomic mass is 9.98. The predicted octanol–water partition coefficient (Wildman–Crippen LogP) is 1.88. The second kappa shape index (κ2) is 10.7. The number of aliphatic hydroxyl groups is 1. The molecule has 180 valence electrons. The molecule has 9 nitrogen and oxygen atoms in total. The highest BCUT2D eigenvalue weighted by Gasteiger charge is 2.36. The number of fused-ring (bicyclic) bond motifs is 3. The summed E-state index contributed by atoms with van der Waals surface area (Å²) in [5.74, 6) is -2.17. The summed E-state index contributed by atoms with van der Waals surface area (Å²) >= 11 is 0. The summed E-state index contributed by atoms with van der Waals surface area (Å²) in [4.78, 5) is 36.2. The number of carbonyl (C=O) groups is 3. The van der Waals surface area contributed by atoms with Crippen molar-refractivity contribution in [3.63, 3.8) is 0 Å². The van der Waals surface area contributed by atoms with Crippen molar-refractivity contribution in [2.75, 3.05) is 26.4 Å². The largest absolute Gasteiger partial charge is 0.480 e. The Kier molecular flexibility index (Phi) is 7.44. The van der Waals surface area contributed by atoms with E-state index in [-0.39, 0.29) is 38.0 Å². The van der Waals surface area contributed by atoms with Crippen LogP contribution in [0, 0.1) is 5.92 Å². The number of carboxylic acid groups (broad SMARTS) is 1.